The standard InChI is InChI=1S/C20H15Br/c21-19-13-7-8-16(14-19)15-20(17-9-3-1-4-10-17)18-11-5-2-6-12-18/h1-15H. The molecule has 102 valence electrons. The lowest BCUT2D eigenvalue weighted by Crippen LogP contribution is -1.87. The van der Waals surface area contributed by atoms with E-state index in [0.717, 1.165) is 4.47 Å². The minimum atomic E-state index is 1.09. The molecule has 0 heterocycles. The highest BCUT2D eigenvalue weighted by atomic mass is 79.9. The van der Waals surface area contributed by atoms with Crippen molar-refractivity contribution in [3.8, 4) is 0 Å². The van der Waals surface area contributed by atoms with Crippen LogP contribution in [0.2, 0.25) is 0 Å². The van der Waals surface area contributed by atoms with Gasteiger partial charge in [0.15, 0.2) is 0 Å². The predicted octanol–water partition coefficient (Wildman–Crippen LogP) is 6.04. The third-order valence-corrected chi connectivity index (χ3v) is 3.82. The van der Waals surface area contributed by atoms with Crippen LogP contribution in [0.3, 0.4) is 0 Å². The normalized spacial score (nSPS) is 10.1. The highest BCUT2D eigenvalue weighted by Gasteiger charge is 2.04. The summed E-state index contributed by atoms with van der Waals surface area (Å²) in [5.74, 6) is 0. The largest absolute Gasteiger partial charge is 0.0622 e. The highest BCUT2D eigenvalue weighted by Crippen LogP contribution is 2.26. The Morgan fingerprint density at radius 2 is 1.24 bits per heavy atom. The zero-order chi connectivity index (χ0) is 14.5. The summed E-state index contributed by atoms with van der Waals surface area (Å²) >= 11 is 3.54. The molecule has 0 bridgehead atoms. The number of halogens is 1. The van der Waals surface area contributed by atoms with Gasteiger partial charge >= 0.3 is 0 Å². The molecule has 0 atom stereocenters. The molecule has 0 fully saturated rings. The second kappa shape index (κ2) is 6.55. The lowest BCUT2D eigenvalue weighted by Gasteiger charge is -2.09. The Morgan fingerprint density at radius 3 is 1.76 bits per heavy atom. The second-order valence-electron chi connectivity index (χ2n) is 4.85. The maximum absolute atomic E-state index is 3.54. The van der Waals surface area contributed by atoms with Crippen molar-refractivity contribution >= 4 is 27.6 Å². The Labute approximate surface area is 133 Å². The van der Waals surface area contributed by atoms with Gasteiger partial charge in [0, 0.05) is 4.47 Å². The van der Waals surface area contributed by atoms with Crippen molar-refractivity contribution in [3.05, 3.63) is 106 Å². The lowest BCUT2D eigenvalue weighted by atomic mass is 9.96. The molecular weight excluding hydrogens is 320 g/mol. The van der Waals surface area contributed by atoms with Crippen molar-refractivity contribution in [1.29, 1.82) is 0 Å². The molecule has 21 heavy (non-hydrogen) atoms. The summed E-state index contributed by atoms with van der Waals surface area (Å²) in [6.07, 6.45) is 2.23. The average Bonchev–Trinajstić information content (AvgIpc) is 2.54. The molecule has 0 N–H and O–H groups in total. The molecule has 0 unspecified atom stereocenters. The van der Waals surface area contributed by atoms with Gasteiger partial charge in [0.05, 0.1) is 0 Å². The van der Waals surface area contributed by atoms with Crippen molar-refractivity contribution in [2.45, 2.75) is 0 Å². The van der Waals surface area contributed by atoms with Crippen LogP contribution in [0.15, 0.2) is 89.4 Å². The van der Waals surface area contributed by atoms with E-state index in [1.165, 1.54) is 22.3 Å². The number of benzene rings is 3. The van der Waals surface area contributed by atoms with Crippen LogP contribution in [0.5, 0.6) is 0 Å². The Balaban J connectivity index is 2.13. The number of hydrogen-bond donors (Lipinski definition) is 0. The van der Waals surface area contributed by atoms with Crippen LogP contribution in [-0.2, 0) is 0 Å². The molecule has 0 aliphatic heterocycles. The van der Waals surface area contributed by atoms with Gasteiger partial charge in [-0.25, -0.2) is 0 Å². The van der Waals surface area contributed by atoms with E-state index in [1.807, 2.05) is 18.2 Å². The molecule has 3 aromatic rings. The first kappa shape index (κ1) is 13.8. The van der Waals surface area contributed by atoms with Crippen molar-refractivity contribution in [2.24, 2.45) is 0 Å². The minimum Gasteiger partial charge on any atom is -0.0622 e. The smallest absolute Gasteiger partial charge is 0.0181 e. The van der Waals surface area contributed by atoms with Gasteiger partial charge in [-0.05, 0) is 40.5 Å². The van der Waals surface area contributed by atoms with Crippen molar-refractivity contribution in [2.75, 3.05) is 0 Å². The summed E-state index contributed by atoms with van der Waals surface area (Å²) in [7, 11) is 0. The van der Waals surface area contributed by atoms with E-state index in [2.05, 4.69) is 88.7 Å². The van der Waals surface area contributed by atoms with Crippen molar-refractivity contribution < 1.29 is 0 Å². The van der Waals surface area contributed by atoms with Gasteiger partial charge in [0.1, 0.15) is 0 Å². The van der Waals surface area contributed by atoms with E-state index in [4.69, 9.17) is 0 Å². The minimum absolute atomic E-state index is 1.09. The molecule has 3 rings (SSSR count). The van der Waals surface area contributed by atoms with Gasteiger partial charge < -0.3 is 0 Å². The molecule has 0 amide bonds. The summed E-state index contributed by atoms with van der Waals surface area (Å²) < 4.78 is 1.09. The van der Waals surface area contributed by atoms with E-state index in [-0.39, 0.29) is 0 Å². The van der Waals surface area contributed by atoms with Crippen LogP contribution < -0.4 is 0 Å². The summed E-state index contributed by atoms with van der Waals surface area (Å²) in [6.45, 7) is 0. The molecule has 0 saturated heterocycles. The van der Waals surface area contributed by atoms with Crippen molar-refractivity contribution in [1.82, 2.24) is 0 Å². The van der Waals surface area contributed by atoms with E-state index in [0.29, 0.717) is 0 Å². The fourth-order valence-corrected chi connectivity index (χ4v) is 2.75. The summed E-state index contributed by atoms with van der Waals surface area (Å²) in [6, 6.07) is 29.4. The SMILES string of the molecule is Brc1cccc(C=C(c2ccccc2)c2ccccc2)c1. The molecule has 0 aliphatic carbocycles. The van der Waals surface area contributed by atoms with Gasteiger partial charge in [-0.1, -0.05) is 88.7 Å². The second-order valence-corrected chi connectivity index (χ2v) is 5.76. The fraction of sp³-hybridized carbons (Fsp3) is 0. The average molecular weight is 335 g/mol. The molecular formula is C20H15Br. The molecule has 3 aromatic carbocycles. The van der Waals surface area contributed by atoms with Gasteiger partial charge in [0.2, 0.25) is 0 Å². The van der Waals surface area contributed by atoms with E-state index in [9.17, 15) is 0 Å². The van der Waals surface area contributed by atoms with Crippen LogP contribution >= 0.6 is 15.9 Å². The van der Waals surface area contributed by atoms with Gasteiger partial charge in [-0.3, -0.25) is 0 Å². The summed E-state index contributed by atoms with van der Waals surface area (Å²) in [5, 5.41) is 0. The zero-order valence-corrected chi connectivity index (χ0v) is 13.1. The Morgan fingerprint density at radius 1 is 0.667 bits per heavy atom. The Bertz CT molecular complexity index is 702. The predicted molar refractivity (Wildman–Crippen MR) is 94.0 cm³/mol. The first-order valence-corrected chi connectivity index (χ1v) is 7.70. The van der Waals surface area contributed by atoms with E-state index < -0.39 is 0 Å². The Hall–Kier alpha value is -2.12. The number of hydrogen-bond acceptors (Lipinski definition) is 0. The third-order valence-electron chi connectivity index (χ3n) is 3.33. The van der Waals surface area contributed by atoms with Gasteiger partial charge in [-0.2, -0.15) is 0 Å². The van der Waals surface area contributed by atoms with Crippen LogP contribution in [0.25, 0.3) is 11.6 Å². The van der Waals surface area contributed by atoms with Crippen molar-refractivity contribution in [3.63, 3.8) is 0 Å². The first-order chi connectivity index (χ1) is 10.3. The molecule has 0 aliphatic rings. The Kier molecular flexibility index (Phi) is 4.32. The monoisotopic (exact) mass is 334 g/mol. The highest BCUT2D eigenvalue weighted by molar-refractivity contribution is 9.10. The third kappa shape index (κ3) is 3.50. The first-order valence-electron chi connectivity index (χ1n) is 6.91. The van der Waals surface area contributed by atoms with Crippen LogP contribution in [0.1, 0.15) is 16.7 Å². The lowest BCUT2D eigenvalue weighted by molar-refractivity contribution is 1.55. The van der Waals surface area contributed by atoms with E-state index in [1.54, 1.807) is 0 Å². The quantitative estimate of drug-likeness (QED) is 0.512. The number of rotatable bonds is 3. The van der Waals surface area contributed by atoms with Crippen LogP contribution in [-0.4, -0.2) is 0 Å². The summed E-state index contributed by atoms with van der Waals surface area (Å²) in [5.41, 5.74) is 4.87. The van der Waals surface area contributed by atoms with Crippen LogP contribution in [0, 0.1) is 0 Å². The maximum Gasteiger partial charge on any atom is 0.0181 e. The van der Waals surface area contributed by atoms with E-state index >= 15 is 0 Å². The molecule has 0 aromatic heterocycles. The molecule has 1 heteroatoms. The molecule has 0 radical (unpaired) electrons. The summed E-state index contributed by atoms with van der Waals surface area (Å²) in [4.78, 5) is 0. The zero-order valence-electron chi connectivity index (χ0n) is 11.5. The van der Waals surface area contributed by atoms with Gasteiger partial charge in [0.25, 0.3) is 0 Å². The maximum atomic E-state index is 3.54. The van der Waals surface area contributed by atoms with Crippen LogP contribution in [0.4, 0.5) is 0 Å². The fourth-order valence-electron chi connectivity index (χ4n) is 2.33. The molecule has 0 spiro atoms. The van der Waals surface area contributed by atoms with Gasteiger partial charge in [-0.15, -0.1) is 0 Å². The molecule has 0 saturated carbocycles. The topological polar surface area (TPSA) is 0 Å². The molecule has 0 nitrogen and oxygen atoms in total.